The van der Waals surface area contributed by atoms with Crippen LogP contribution in [0.4, 0.5) is 0 Å². The van der Waals surface area contributed by atoms with E-state index in [1.165, 1.54) is 11.8 Å². The molecule has 1 saturated carbocycles. The molecule has 1 fully saturated rings. The zero-order valence-electron chi connectivity index (χ0n) is 16.2. The fourth-order valence-electron chi connectivity index (χ4n) is 3.93. The van der Waals surface area contributed by atoms with Crippen LogP contribution in [0.15, 0.2) is 34.2 Å². The summed E-state index contributed by atoms with van der Waals surface area (Å²) in [6, 6.07) is 9.62. The average molecular weight is 411 g/mol. The highest BCUT2D eigenvalue weighted by molar-refractivity contribution is 7.99. The first-order chi connectivity index (χ1) is 14.1. The number of benzene rings is 1. The van der Waals surface area contributed by atoms with Crippen LogP contribution in [0.2, 0.25) is 0 Å². The molecule has 0 unspecified atom stereocenters. The van der Waals surface area contributed by atoms with Crippen molar-refractivity contribution in [2.24, 2.45) is 0 Å². The number of aromatic nitrogens is 4. The standard InChI is InChI=1S/C20H22N6O2S/c1-2-11-25-17(28)14-7-3-4-8-15(14)26-18(25)23-24-19(26)29-12-16(27)22-20(13-21)9-5-6-10-20/h3-4,7-8H,2,5-6,9-12H2,1H3,(H,22,27). The van der Waals surface area contributed by atoms with Crippen molar-refractivity contribution in [1.82, 2.24) is 24.5 Å². The van der Waals surface area contributed by atoms with Crippen LogP contribution in [0.5, 0.6) is 0 Å². The van der Waals surface area contributed by atoms with Crippen molar-refractivity contribution >= 4 is 34.3 Å². The molecule has 1 aliphatic carbocycles. The van der Waals surface area contributed by atoms with Gasteiger partial charge in [-0.15, -0.1) is 10.2 Å². The predicted octanol–water partition coefficient (Wildman–Crippen LogP) is 2.50. The van der Waals surface area contributed by atoms with E-state index in [0.717, 1.165) is 24.8 Å². The third kappa shape index (κ3) is 3.49. The quantitative estimate of drug-likeness (QED) is 0.626. The van der Waals surface area contributed by atoms with Crippen LogP contribution in [0, 0.1) is 11.3 Å². The Hall–Kier alpha value is -2.86. The van der Waals surface area contributed by atoms with Crippen LogP contribution in [0.1, 0.15) is 39.0 Å². The highest BCUT2D eigenvalue weighted by atomic mass is 32.2. The highest BCUT2D eigenvalue weighted by Crippen LogP contribution is 2.29. The summed E-state index contributed by atoms with van der Waals surface area (Å²) < 4.78 is 3.46. The zero-order valence-corrected chi connectivity index (χ0v) is 17.0. The molecule has 4 rings (SSSR count). The van der Waals surface area contributed by atoms with Crippen LogP contribution in [0.25, 0.3) is 16.7 Å². The Morgan fingerprint density at radius 1 is 1.31 bits per heavy atom. The number of carbonyl (C=O) groups excluding carboxylic acids is 1. The van der Waals surface area contributed by atoms with E-state index in [1.54, 1.807) is 10.6 Å². The highest BCUT2D eigenvalue weighted by Gasteiger charge is 2.35. The summed E-state index contributed by atoms with van der Waals surface area (Å²) in [7, 11) is 0. The van der Waals surface area contributed by atoms with Gasteiger partial charge >= 0.3 is 0 Å². The zero-order chi connectivity index (χ0) is 20.4. The van der Waals surface area contributed by atoms with Gasteiger partial charge in [-0.1, -0.05) is 30.8 Å². The molecule has 0 atom stereocenters. The van der Waals surface area contributed by atoms with Gasteiger partial charge in [-0.3, -0.25) is 18.6 Å². The van der Waals surface area contributed by atoms with Crippen molar-refractivity contribution in [3.63, 3.8) is 0 Å². The topological polar surface area (TPSA) is 105 Å². The summed E-state index contributed by atoms with van der Waals surface area (Å²) in [5, 5.41) is 22.0. The van der Waals surface area contributed by atoms with Crippen molar-refractivity contribution < 1.29 is 4.79 Å². The minimum atomic E-state index is -0.737. The summed E-state index contributed by atoms with van der Waals surface area (Å²) in [6.45, 7) is 2.55. The van der Waals surface area contributed by atoms with Crippen molar-refractivity contribution in [1.29, 1.82) is 5.26 Å². The monoisotopic (exact) mass is 410 g/mol. The molecule has 9 heteroatoms. The molecule has 0 spiro atoms. The van der Waals surface area contributed by atoms with Gasteiger partial charge in [0.2, 0.25) is 11.7 Å². The minimum absolute atomic E-state index is 0.0890. The smallest absolute Gasteiger partial charge is 0.262 e. The maximum absolute atomic E-state index is 12.8. The molecule has 150 valence electrons. The van der Waals surface area contributed by atoms with E-state index in [9.17, 15) is 14.9 Å². The number of rotatable bonds is 6. The molecule has 1 amide bonds. The maximum Gasteiger partial charge on any atom is 0.262 e. The average Bonchev–Trinajstić information content (AvgIpc) is 3.37. The third-order valence-corrected chi connectivity index (χ3v) is 6.24. The van der Waals surface area contributed by atoms with Gasteiger partial charge in [0, 0.05) is 6.54 Å². The summed E-state index contributed by atoms with van der Waals surface area (Å²) in [4.78, 5) is 25.3. The number of aryl methyl sites for hydroxylation is 1. The van der Waals surface area contributed by atoms with Crippen molar-refractivity contribution in [3.8, 4) is 6.07 Å². The lowest BCUT2D eigenvalue weighted by Gasteiger charge is -2.21. The second-order valence-corrected chi connectivity index (χ2v) is 8.27. The molecule has 0 aliphatic heterocycles. The van der Waals surface area contributed by atoms with Gasteiger partial charge in [-0.05, 0) is 44.2 Å². The molecule has 0 radical (unpaired) electrons. The lowest BCUT2D eigenvalue weighted by molar-refractivity contribution is -0.119. The molecule has 1 aliphatic rings. The molecule has 0 saturated heterocycles. The van der Waals surface area contributed by atoms with Crippen molar-refractivity contribution in [2.45, 2.75) is 56.3 Å². The van der Waals surface area contributed by atoms with Gasteiger partial charge < -0.3 is 5.32 Å². The number of carbonyl (C=O) groups is 1. The van der Waals surface area contributed by atoms with E-state index in [4.69, 9.17) is 0 Å². The third-order valence-electron chi connectivity index (χ3n) is 5.31. The Morgan fingerprint density at radius 2 is 2.07 bits per heavy atom. The lowest BCUT2D eigenvalue weighted by Crippen LogP contribution is -2.45. The molecule has 29 heavy (non-hydrogen) atoms. The van der Waals surface area contributed by atoms with E-state index in [2.05, 4.69) is 21.6 Å². The number of thioether (sulfide) groups is 1. The summed E-state index contributed by atoms with van der Waals surface area (Å²) >= 11 is 1.26. The number of fused-ring (bicyclic) bond motifs is 3. The van der Waals surface area contributed by atoms with E-state index >= 15 is 0 Å². The second-order valence-electron chi connectivity index (χ2n) is 7.33. The normalized spacial score (nSPS) is 15.6. The molecule has 1 N–H and O–H groups in total. The maximum atomic E-state index is 12.8. The molecular formula is C20H22N6O2S. The SMILES string of the molecule is CCCn1c(=O)c2ccccc2n2c(SCC(=O)NC3(C#N)CCCC3)nnc12. The number of nitriles is 1. The first kappa shape index (κ1) is 19.5. The van der Waals surface area contributed by atoms with Gasteiger partial charge in [-0.25, -0.2) is 0 Å². The number of nitrogens with zero attached hydrogens (tertiary/aromatic N) is 5. The van der Waals surface area contributed by atoms with Gasteiger partial charge in [0.1, 0.15) is 5.54 Å². The van der Waals surface area contributed by atoms with Crippen molar-refractivity contribution in [3.05, 3.63) is 34.6 Å². The first-order valence-electron chi connectivity index (χ1n) is 9.80. The van der Waals surface area contributed by atoms with Crippen LogP contribution >= 0.6 is 11.8 Å². The first-order valence-corrected chi connectivity index (χ1v) is 10.8. The number of hydrogen-bond donors (Lipinski definition) is 1. The largest absolute Gasteiger partial charge is 0.337 e. The molecule has 8 nitrogen and oxygen atoms in total. The van der Waals surface area contributed by atoms with Gasteiger partial charge in [0.05, 0.1) is 22.7 Å². The number of amides is 1. The molecule has 2 heterocycles. The summed E-state index contributed by atoms with van der Waals surface area (Å²) in [5.74, 6) is 0.412. The molecule has 3 aromatic rings. The van der Waals surface area contributed by atoms with Crippen LogP contribution in [-0.2, 0) is 11.3 Å². The Morgan fingerprint density at radius 3 is 2.79 bits per heavy atom. The fraction of sp³-hybridized carbons (Fsp3) is 0.450. The number of nitrogens with one attached hydrogen (secondary N) is 1. The number of para-hydroxylation sites is 1. The van der Waals surface area contributed by atoms with Gasteiger partial charge in [0.25, 0.3) is 5.56 Å². The Kier molecular flexibility index (Phi) is 5.28. The Labute approximate surface area is 171 Å². The molecule has 0 bridgehead atoms. The van der Waals surface area contributed by atoms with Gasteiger partial charge in [0.15, 0.2) is 5.16 Å². The van der Waals surface area contributed by atoms with E-state index < -0.39 is 5.54 Å². The van der Waals surface area contributed by atoms with E-state index in [0.29, 0.717) is 35.7 Å². The van der Waals surface area contributed by atoms with E-state index in [-0.39, 0.29) is 17.2 Å². The second kappa shape index (κ2) is 7.87. The molecular weight excluding hydrogens is 388 g/mol. The predicted molar refractivity (Wildman–Crippen MR) is 111 cm³/mol. The van der Waals surface area contributed by atoms with Crippen LogP contribution in [-0.4, -0.2) is 36.4 Å². The van der Waals surface area contributed by atoms with Crippen LogP contribution in [0.3, 0.4) is 0 Å². The fourth-order valence-corrected chi connectivity index (χ4v) is 4.67. The van der Waals surface area contributed by atoms with Crippen molar-refractivity contribution in [2.75, 3.05) is 5.75 Å². The Balaban J connectivity index is 1.66. The van der Waals surface area contributed by atoms with Crippen LogP contribution < -0.4 is 10.9 Å². The summed E-state index contributed by atoms with van der Waals surface area (Å²) in [6.07, 6.45) is 4.10. The lowest BCUT2D eigenvalue weighted by atomic mass is 10.0. The number of hydrogen-bond acceptors (Lipinski definition) is 6. The minimum Gasteiger partial charge on any atom is -0.337 e. The van der Waals surface area contributed by atoms with Gasteiger partial charge in [-0.2, -0.15) is 5.26 Å². The van der Waals surface area contributed by atoms with E-state index in [1.807, 2.05) is 29.5 Å². The summed E-state index contributed by atoms with van der Waals surface area (Å²) in [5.41, 5.74) is -0.107. The molecule has 2 aromatic heterocycles. The Bertz CT molecular complexity index is 1170. The molecule has 1 aromatic carbocycles.